The summed E-state index contributed by atoms with van der Waals surface area (Å²) in [5.41, 5.74) is 1.17. The van der Waals surface area contributed by atoms with Crippen molar-refractivity contribution in [2.24, 2.45) is 0 Å². The van der Waals surface area contributed by atoms with Crippen LogP contribution in [0, 0.1) is 10.1 Å². The highest BCUT2D eigenvalue weighted by Gasteiger charge is 2.24. The second-order valence-corrected chi connectivity index (χ2v) is 6.79. The van der Waals surface area contributed by atoms with Crippen molar-refractivity contribution < 1.29 is 4.92 Å². The molecule has 1 aromatic heterocycles. The van der Waals surface area contributed by atoms with Crippen molar-refractivity contribution in [2.45, 2.75) is 0 Å². The molecule has 0 fully saturated rings. The zero-order chi connectivity index (χ0) is 19.5. The van der Waals surface area contributed by atoms with E-state index < -0.39 is 4.92 Å². The summed E-state index contributed by atoms with van der Waals surface area (Å²) in [6, 6.07) is 20.8. The normalized spacial score (nSPS) is 10.6. The van der Waals surface area contributed by atoms with E-state index in [2.05, 4.69) is 36.5 Å². The Morgan fingerprint density at radius 2 is 1.43 bits per heavy atom. The van der Waals surface area contributed by atoms with E-state index in [-0.39, 0.29) is 17.3 Å². The lowest BCUT2D eigenvalue weighted by molar-refractivity contribution is -0.383. The minimum Gasteiger partial charge on any atom is -0.334 e. The summed E-state index contributed by atoms with van der Waals surface area (Å²) in [6.07, 6.45) is 1.29. The first-order chi connectivity index (χ1) is 13.6. The van der Waals surface area contributed by atoms with Crippen molar-refractivity contribution in [1.29, 1.82) is 0 Å². The Labute approximate surface area is 168 Å². The summed E-state index contributed by atoms with van der Waals surface area (Å²) in [7, 11) is 0. The molecule has 4 aromatic rings. The van der Waals surface area contributed by atoms with Gasteiger partial charge in [0.25, 0.3) is 0 Å². The fourth-order valence-corrected chi connectivity index (χ4v) is 3.27. The number of hydrogen-bond acceptors (Lipinski definition) is 6. The van der Waals surface area contributed by atoms with Gasteiger partial charge in [-0.15, -0.1) is 0 Å². The van der Waals surface area contributed by atoms with Gasteiger partial charge in [-0.05, 0) is 39.5 Å². The summed E-state index contributed by atoms with van der Waals surface area (Å²) < 4.78 is 0.770. The molecule has 0 spiro atoms. The molecule has 0 atom stereocenters. The summed E-state index contributed by atoms with van der Waals surface area (Å²) in [4.78, 5) is 19.5. The predicted molar refractivity (Wildman–Crippen MR) is 113 cm³/mol. The highest BCUT2D eigenvalue weighted by atomic mass is 79.9. The van der Waals surface area contributed by atoms with Crippen LogP contribution in [0.3, 0.4) is 0 Å². The molecule has 28 heavy (non-hydrogen) atoms. The summed E-state index contributed by atoms with van der Waals surface area (Å²) in [5, 5.41) is 19.9. The van der Waals surface area contributed by atoms with Crippen LogP contribution < -0.4 is 10.6 Å². The molecule has 0 amide bonds. The number of halogens is 1. The summed E-state index contributed by atoms with van der Waals surface area (Å²) >= 11 is 3.42. The van der Waals surface area contributed by atoms with Crippen molar-refractivity contribution in [3.05, 3.63) is 87.6 Å². The Balaban J connectivity index is 1.77. The Bertz CT molecular complexity index is 1180. The lowest BCUT2D eigenvalue weighted by Gasteiger charge is -2.12. The van der Waals surface area contributed by atoms with Gasteiger partial charge in [0, 0.05) is 15.5 Å². The largest absolute Gasteiger partial charge is 0.353 e. The Morgan fingerprint density at radius 1 is 0.821 bits per heavy atom. The number of benzene rings is 3. The van der Waals surface area contributed by atoms with Gasteiger partial charge >= 0.3 is 5.69 Å². The lowest BCUT2D eigenvalue weighted by Crippen LogP contribution is -2.06. The highest BCUT2D eigenvalue weighted by molar-refractivity contribution is 9.10. The van der Waals surface area contributed by atoms with Crippen LogP contribution in [-0.2, 0) is 0 Å². The topological polar surface area (TPSA) is 93.0 Å². The highest BCUT2D eigenvalue weighted by Crippen LogP contribution is 2.36. The average Bonchev–Trinajstić information content (AvgIpc) is 2.70. The van der Waals surface area contributed by atoms with E-state index >= 15 is 0 Å². The van der Waals surface area contributed by atoms with Crippen LogP contribution in [0.5, 0.6) is 0 Å². The van der Waals surface area contributed by atoms with Crippen molar-refractivity contribution in [1.82, 2.24) is 9.97 Å². The molecule has 0 aliphatic rings. The van der Waals surface area contributed by atoms with Gasteiger partial charge < -0.3 is 10.6 Å². The minimum atomic E-state index is -0.493. The molecule has 0 saturated heterocycles. The lowest BCUT2D eigenvalue weighted by atomic mass is 10.1. The third kappa shape index (κ3) is 3.49. The second-order valence-electron chi connectivity index (χ2n) is 5.93. The molecule has 8 heteroatoms. The number of nitro groups is 1. The van der Waals surface area contributed by atoms with Crippen LogP contribution in [0.4, 0.5) is 28.7 Å². The molecule has 0 aliphatic heterocycles. The standard InChI is InChI=1S/C20H14BrN5O2/c21-15-9-3-4-10-17(15)25-20-18(26(27)28)19(22-12-23-20)24-16-11-5-7-13-6-1-2-8-14(13)16/h1-12H,(H2,22,23,24,25). The number of anilines is 4. The van der Waals surface area contributed by atoms with Crippen LogP contribution in [0.2, 0.25) is 0 Å². The fraction of sp³-hybridized carbons (Fsp3) is 0. The number of para-hydroxylation sites is 1. The van der Waals surface area contributed by atoms with Gasteiger partial charge in [0.05, 0.1) is 10.6 Å². The van der Waals surface area contributed by atoms with E-state index in [1.807, 2.05) is 60.7 Å². The first-order valence-electron chi connectivity index (χ1n) is 8.39. The van der Waals surface area contributed by atoms with E-state index in [4.69, 9.17) is 0 Å². The molecular formula is C20H14BrN5O2. The first kappa shape index (κ1) is 17.9. The molecule has 4 rings (SSSR count). The van der Waals surface area contributed by atoms with E-state index in [1.165, 1.54) is 6.33 Å². The third-order valence-electron chi connectivity index (χ3n) is 4.17. The molecule has 0 saturated carbocycles. The molecule has 0 unspecified atom stereocenters. The SMILES string of the molecule is O=[N+]([O-])c1c(Nc2ccccc2Br)ncnc1Nc1cccc2ccccc12. The number of aromatic nitrogens is 2. The maximum Gasteiger partial charge on any atom is 0.353 e. The maximum absolute atomic E-state index is 11.8. The molecule has 138 valence electrons. The zero-order valence-corrected chi connectivity index (χ0v) is 16.1. The Hall–Kier alpha value is -3.52. The van der Waals surface area contributed by atoms with Gasteiger partial charge in [0.15, 0.2) is 0 Å². The number of nitrogens with zero attached hydrogens (tertiary/aromatic N) is 3. The molecule has 2 N–H and O–H groups in total. The van der Waals surface area contributed by atoms with E-state index in [0.29, 0.717) is 5.69 Å². The van der Waals surface area contributed by atoms with Crippen LogP contribution in [0.15, 0.2) is 77.5 Å². The van der Waals surface area contributed by atoms with Gasteiger partial charge in [-0.3, -0.25) is 10.1 Å². The molecular weight excluding hydrogens is 422 g/mol. The predicted octanol–water partition coefficient (Wildman–Crippen LogP) is 5.79. The van der Waals surface area contributed by atoms with Gasteiger partial charge in [-0.1, -0.05) is 48.5 Å². The minimum absolute atomic E-state index is 0.106. The summed E-state index contributed by atoms with van der Waals surface area (Å²) in [5.74, 6) is 0.223. The monoisotopic (exact) mass is 435 g/mol. The van der Waals surface area contributed by atoms with Crippen LogP contribution in [-0.4, -0.2) is 14.9 Å². The van der Waals surface area contributed by atoms with E-state index in [0.717, 1.165) is 20.9 Å². The Morgan fingerprint density at radius 3 is 2.18 bits per heavy atom. The van der Waals surface area contributed by atoms with E-state index in [1.54, 1.807) is 6.07 Å². The second kappa shape index (κ2) is 7.61. The average molecular weight is 436 g/mol. The maximum atomic E-state index is 11.8. The van der Waals surface area contributed by atoms with Crippen LogP contribution >= 0.6 is 15.9 Å². The van der Waals surface area contributed by atoms with Crippen molar-refractivity contribution >= 4 is 55.4 Å². The first-order valence-corrected chi connectivity index (χ1v) is 9.18. The quantitative estimate of drug-likeness (QED) is 0.304. The van der Waals surface area contributed by atoms with Crippen LogP contribution in [0.25, 0.3) is 10.8 Å². The van der Waals surface area contributed by atoms with Crippen molar-refractivity contribution in [3.63, 3.8) is 0 Å². The number of nitrogens with one attached hydrogen (secondary N) is 2. The van der Waals surface area contributed by atoms with Crippen molar-refractivity contribution in [3.8, 4) is 0 Å². The van der Waals surface area contributed by atoms with Crippen molar-refractivity contribution in [2.75, 3.05) is 10.6 Å². The number of hydrogen-bond donors (Lipinski definition) is 2. The third-order valence-corrected chi connectivity index (χ3v) is 4.87. The smallest absolute Gasteiger partial charge is 0.334 e. The molecule has 1 heterocycles. The summed E-state index contributed by atoms with van der Waals surface area (Å²) in [6.45, 7) is 0. The molecule has 7 nitrogen and oxygen atoms in total. The van der Waals surface area contributed by atoms with E-state index in [9.17, 15) is 10.1 Å². The van der Waals surface area contributed by atoms with Crippen LogP contribution in [0.1, 0.15) is 0 Å². The molecule has 3 aromatic carbocycles. The molecule has 0 radical (unpaired) electrons. The number of rotatable bonds is 5. The van der Waals surface area contributed by atoms with Gasteiger partial charge in [0.1, 0.15) is 6.33 Å². The van der Waals surface area contributed by atoms with Gasteiger partial charge in [-0.2, -0.15) is 0 Å². The Kier molecular flexibility index (Phi) is 4.86. The van der Waals surface area contributed by atoms with Gasteiger partial charge in [-0.25, -0.2) is 9.97 Å². The molecule has 0 aliphatic carbocycles. The van der Waals surface area contributed by atoms with Gasteiger partial charge in [0.2, 0.25) is 11.6 Å². The fourth-order valence-electron chi connectivity index (χ4n) is 2.89. The number of fused-ring (bicyclic) bond motifs is 1. The zero-order valence-electron chi connectivity index (χ0n) is 14.5. The molecule has 0 bridgehead atoms.